The molecule has 14 heavy (non-hydrogen) atoms. The van der Waals surface area contributed by atoms with E-state index in [-0.39, 0.29) is 0 Å². The summed E-state index contributed by atoms with van der Waals surface area (Å²) in [6.07, 6.45) is 0. The first kappa shape index (κ1) is 12.7. The van der Waals surface area contributed by atoms with Gasteiger partial charge in [-0.2, -0.15) is 0 Å². The molecule has 0 aliphatic carbocycles. The van der Waals surface area contributed by atoms with Gasteiger partial charge in [-0.1, -0.05) is 0 Å². The molecule has 0 unspecified atom stereocenters. The predicted molar refractivity (Wildman–Crippen MR) is 50.1 cm³/mol. The van der Waals surface area contributed by atoms with Crippen LogP contribution < -0.4 is 10.6 Å². The third-order valence-electron chi connectivity index (χ3n) is 1.45. The number of carbonyl (C=O) groups excluding carboxylic acids is 1. The van der Waals surface area contributed by atoms with Gasteiger partial charge in [-0.15, -0.1) is 0 Å². The zero-order chi connectivity index (χ0) is 11.0. The first-order valence-corrected chi connectivity index (χ1v) is 4.42. The van der Waals surface area contributed by atoms with Crippen molar-refractivity contribution < 1.29 is 19.4 Å². The van der Waals surface area contributed by atoms with Gasteiger partial charge in [0.15, 0.2) is 0 Å². The Morgan fingerprint density at radius 3 is 2.64 bits per heavy atom. The van der Waals surface area contributed by atoms with Gasteiger partial charge >= 0.3 is 12.0 Å². The van der Waals surface area contributed by atoms with Crippen molar-refractivity contribution in [2.24, 2.45) is 0 Å². The van der Waals surface area contributed by atoms with Crippen LogP contribution in [0.15, 0.2) is 0 Å². The van der Waals surface area contributed by atoms with Gasteiger partial charge in [-0.25, -0.2) is 4.79 Å². The van der Waals surface area contributed by atoms with Gasteiger partial charge in [-0.3, -0.25) is 4.79 Å². The van der Waals surface area contributed by atoms with Gasteiger partial charge in [-0.05, 0) is 13.8 Å². The molecule has 0 bridgehead atoms. The van der Waals surface area contributed by atoms with E-state index in [0.717, 1.165) is 0 Å². The summed E-state index contributed by atoms with van der Waals surface area (Å²) in [5.74, 6) is -1.06. The van der Waals surface area contributed by atoms with Gasteiger partial charge in [0.05, 0.1) is 6.61 Å². The third-order valence-corrected chi connectivity index (χ3v) is 1.45. The topological polar surface area (TPSA) is 87.7 Å². The Kier molecular flexibility index (Phi) is 6.47. The van der Waals surface area contributed by atoms with Crippen LogP contribution in [0.4, 0.5) is 4.79 Å². The molecule has 0 radical (unpaired) electrons. The van der Waals surface area contributed by atoms with Gasteiger partial charge < -0.3 is 20.5 Å². The summed E-state index contributed by atoms with van der Waals surface area (Å²) in [6.45, 7) is 4.63. The summed E-state index contributed by atoms with van der Waals surface area (Å²) in [7, 11) is 0. The van der Waals surface area contributed by atoms with Crippen molar-refractivity contribution in [3.8, 4) is 0 Å². The average Bonchev–Trinajstić information content (AvgIpc) is 2.12. The van der Waals surface area contributed by atoms with Crippen LogP contribution in [0.2, 0.25) is 0 Å². The zero-order valence-electron chi connectivity index (χ0n) is 8.37. The summed E-state index contributed by atoms with van der Waals surface area (Å²) in [5, 5.41) is 13.2. The molecule has 82 valence electrons. The molecule has 1 atom stereocenters. The summed E-state index contributed by atoms with van der Waals surface area (Å²) in [5.41, 5.74) is 0. The number of rotatable bonds is 6. The smallest absolute Gasteiger partial charge is 0.325 e. The first-order valence-electron chi connectivity index (χ1n) is 4.42. The van der Waals surface area contributed by atoms with Crippen LogP contribution in [0.1, 0.15) is 13.8 Å². The molecule has 0 aromatic heterocycles. The molecule has 0 aromatic carbocycles. The predicted octanol–water partition coefficient (Wildman–Crippen LogP) is -0.205. The summed E-state index contributed by atoms with van der Waals surface area (Å²) in [6, 6.07) is -1.39. The van der Waals surface area contributed by atoms with Crippen LogP contribution in [-0.4, -0.2) is 42.9 Å². The van der Waals surface area contributed by atoms with Gasteiger partial charge in [0.1, 0.15) is 6.04 Å². The molecule has 6 nitrogen and oxygen atoms in total. The van der Waals surface area contributed by atoms with E-state index in [1.54, 1.807) is 0 Å². The molecular formula is C8H16N2O4. The fraction of sp³-hybridized carbons (Fsp3) is 0.750. The molecule has 0 saturated heterocycles. The number of ether oxygens (including phenoxy) is 1. The Morgan fingerprint density at radius 2 is 2.14 bits per heavy atom. The van der Waals surface area contributed by atoms with Crippen LogP contribution in [0.3, 0.4) is 0 Å². The maximum Gasteiger partial charge on any atom is 0.325 e. The minimum absolute atomic E-state index is 0.367. The van der Waals surface area contributed by atoms with Crippen LogP contribution in [0, 0.1) is 0 Å². The fourth-order valence-corrected chi connectivity index (χ4v) is 0.690. The van der Waals surface area contributed by atoms with E-state index in [1.165, 1.54) is 6.92 Å². The highest BCUT2D eigenvalue weighted by Gasteiger charge is 2.12. The van der Waals surface area contributed by atoms with Gasteiger partial charge in [0.2, 0.25) is 0 Å². The molecule has 6 heteroatoms. The van der Waals surface area contributed by atoms with Crippen LogP contribution in [-0.2, 0) is 9.53 Å². The third kappa shape index (κ3) is 6.24. The summed E-state index contributed by atoms with van der Waals surface area (Å²) < 4.78 is 4.98. The van der Waals surface area contributed by atoms with Crippen molar-refractivity contribution in [3.63, 3.8) is 0 Å². The van der Waals surface area contributed by atoms with E-state index in [0.29, 0.717) is 19.8 Å². The van der Waals surface area contributed by atoms with Gasteiger partial charge in [0, 0.05) is 13.2 Å². The second-order valence-corrected chi connectivity index (χ2v) is 2.66. The largest absolute Gasteiger partial charge is 0.480 e. The first-order chi connectivity index (χ1) is 6.57. The zero-order valence-corrected chi connectivity index (χ0v) is 8.37. The lowest BCUT2D eigenvalue weighted by Gasteiger charge is -2.10. The molecule has 0 spiro atoms. The summed E-state index contributed by atoms with van der Waals surface area (Å²) in [4.78, 5) is 21.3. The van der Waals surface area contributed by atoms with E-state index in [1.807, 2.05) is 6.92 Å². The minimum Gasteiger partial charge on any atom is -0.480 e. The maximum absolute atomic E-state index is 11.0. The van der Waals surface area contributed by atoms with E-state index in [2.05, 4.69) is 10.6 Å². The van der Waals surface area contributed by atoms with E-state index in [4.69, 9.17) is 9.84 Å². The molecule has 0 aliphatic heterocycles. The maximum atomic E-state index is 11.0. The Hall–Kier alpha value is -1.30. The number of carboxylic acids is 1. The van der Waals surface area contributed by atoms with Crippen LogP contribution in [0.25, 0.3) is 0 Å². The van der Waals surface area contributed by atoms with Crippen molar-refractivity contribution in [2.75, 3.05) is 19.8 Å². The van der Waals surface area contributed by atoms with Crippen molar-refractivity contribution in [1.29, 1.82) is 0 Å². The number of nitrogens with one attached hydrogen (secondary N) is 2. The Labute approximate surface area is 82.6 Å². The van der Waals surface area contributed by atoms with E-state index in [9.17, 15) is 9.59 Å². The Bertz CT molecular complexity index is 196. The Balaban J connectivity index is 3.50. The number of amides is 2. The Morgan fingerprint density at radius 1 is 1.50 bits per heavy atom. The number of carboxylic acid groups (broad SMARTS) is 1. The lowest BCUT2D eigenvalue weighted by Crippen LogP contribution is -2.45. The molecular weight excluding hydrogens is 188 g/mol. The van der Waals surface area contributed by atoms with Crippen molar-refractivity contribution >= 4 is 12.0 Å². The van der Waals surface area contributed by atoms with Crippen molar-refractivity contribution in [1.82, 2.24) is 10.6 Å². The molecule has 0 fully saturated rings. The second kappa shape index (κ2) is 7.14. The molecule has 0 saturated carbocycles. The molecule has 3 N–H and O–H groups in total. The fourth-order valence-electron chi connectivity index (χ4n) is 0.690. The highest BCUT2D eigenvalue weighted by atomic mass is 16.5. The number of hydrogen-bond donors (Lipinski definition) is 3. The highest BCUT2D eigenvalue weighted by molar-refractivity contribution is 5.82. The monoisotopic (exact) mass is 204 g/mol. The molecule has 0 heterocycles. The summed E-state index contributed by atoms with van der Waals surface area (Å²) >= 11 is 0. The average molecular weight is 204 g/mol. The number of aliphatic carboxylic acids is 1. The molecule has 0 aromatic rings. The van der Waals surface area contributed by atoms with E-state index < -0.39 is 18.0 Å². The minimum atomic E-state index is -1.06. The lowest BCUT2D eigenvalue weighted by molar-refractivity contribution is -0.138. The van der Waals surface area contributed by atoms with Crippen molar-refractivity contribution in [2.45, 2.75) is 19.9 Å². The van der Waals surface area contributed by atoms with Gasteiger partial charge in [0.25, 0.3) is 0 Å². The van der Waals surface area contributed by atoms with Crippen LogP contribution >= 0.6 is 0 Å². The van der Waals surface area contributed by atoms with Crippen molar-refractivity contribution in [3.05, 3.63) is 0 Å². The molecule has 2 amide bonds. The quantitative estimate of drug-likeness (QED) is 0.523. The molecule has 0 aliphatic rings. The number of carbonyl (C=O) groups is 2. The SMILES string of the molecule is CCOCCNC(=O)N[C@@H](C)C(=O)O. The highest BCUT2D eigenvalue weighted by Crippen LogP contribution is 1.80. The lowest BCUT2D eigenvalue weighted by atomic mass is 10.3. The van der Waals surface area contributed by atoms with Crippen LogP contribution in [0.5, 0.6) is 0 Å². The number of hydrogen-bond acceptors (Lipinski definition) is 3. The normalized spacial score (nSPS) is 11.9. The molecule has 0 rings (SSSR count). The van der Waals surface area contributed by atoms with E-state index >= 15 is 0 Å². The second-order valence-electron chi connectivity index (χ2n) is 2.66. The number of urea groups is 1. The standard InChI is InChI=1S/C8H16N2O4/c1-3-14-5-4-9-8(13)10-6(2)7(11)12/h6H,3-5H2,1-2H3,(H,11,12)(H2,9,10,13)/t6-/m0/s1.